The first-order chi connectivity index (χ1) is 15.6. The number of nitrogens with one attached hydrogen (secondary N) is 1. The summed E-state index contributed by atoms with van der Waals surface area (Å²) in [5, 5.41) is 7.54. The average molecular weight is 460 g/mol. The van der Waals surface area contributed by atoms with E-state index >= 15 is 0 Å². The summed E-state index contributed by atoms with van der Waals surface area (Å²) in [5.41, 5.74) is 1.82. The molecule has 182 valence electrons. The van der Waals surface area contributed by atoms with E-state index in [2.05, 4.69) is 22.2 Å². The molecule has 2 unspecified atom stereocenters. The van der Waals surface area contributed by atoms with Gasteiger partial charge in [-0.25, -0.2) is 9.78 Å². The van der Waals surface area contributed by atoms with Crippen molar-refractivity contribution in [3.63, 3.8) is 0 Å². The van der Waals surface area contributed by atoms with Crippen molar-refractivity contribution < 1.29 is 19.1 Å². The fourth-order valence-corrected chi connectivity index (χ4v) is 4.44. The van der Waals surface area contributed by atoms with Crippen molar-refractivity contribution in [1.82, 2.24) is 19.9 Å². The molecule has 1 saturated heterocycles. The van der Waals surface area contributed by atoms with E-state index in [1.165, 1.54) is 0 Å². The third-order valence-corrected chi connectivity index (χ3v) is 5.68. The lowest BCUT2D eigenvalue weighted by Crippen LogP contribution is -2.49. The van der Waals surface area contributed by atoms with Crippen LogP contribution in [0.5, 0.6) is 0 Å². The van der Waals surface area contributed by atoms with Crippen molar-refractivity contribution in [1.29, 1.82) is 0 Å². The highest BCUT2D eigenvalue weighted by Gasteiger charge is 2.33. The van der Waals surface area contributed by atoms with Crippen LogP contribution in [0.25, 0.3) is 5.65 Å². The summed E-state index contributed by atoms with van der Waals surface area (Å²) in [5.74, 6) is 0.187. The number of ether oxygens (including phenoxy) is 2. The number of rotatable bonds is 7. The molecule has 9 heteroatoms. The van der Waals surface area contributed by atoms with E-state index in [-0.39, 0.29) is 12.0 Å². The lowest BCUT2D eigenvalue weighted by molar-refractivity contribution is -0.145. The van der Waals surface area contributed by atoms with E-state index < -0.39 is 17.6 Å². The maximum absolute atomic E-state index is 13.0. The molecule has 1 fully saturated rings. The molecule has 0 aromatic carbocycles. The zero-order chi connectivity index (χ0) is 24.2. The smallest absolute Gasteiger partial charge is 0.407 e. The summed E-state index contributed by atoms with van der Waals surface area (Å²) in [6, 6.07) is 1.78. The molecule has 3 heterocycles. The Hall–Kier alpha value is -2.84. The summed E-state index contributed by atoms with van der Waals surface area (Å²) >= 11 is 0. The van der Waals surface area contributed by atoms with Gasteiger partial charge in [0.1, 0.15) is 11.4 Å². The third kappa shape index (κ3) is 5.94. The normalized spacial score (nSPS) is 17.6. The fourth-order valence-electron chi connectivity index (χ4n) is 4.44. The topological polar surface area (TPSA) is 98.1 Å². The Morgan fingerprint density at radius 1 is 1.30 bits per heavy atom. The lowest BCUT2D eigenvalue weighted by atomic mass is 9.92. The molecule has 0 aliphatic carbocycles. The summed E-state index contributed by atoms with van der Waals surface area (Å²) in [7, 11) is 0. The van der Waals surface area contributed by atoms with Gasteiger partial charge in [0.25, 0.3) is 0 Å². The number of amides is 1. The minimum Gasteiger partial charge on any atom is -0.466 e. The molecule has 1 aliphatic rings. The predicted octanol–water partition coefficient (Wildman–Crippen LogP) is 3.98. The number of carbonyl (C=O) groups excluding carboxylic acids is 2. The molecular formula is C24H37N5O4. The molecule has 1 aliphatic heterocycles. The Morgan fingerprint density at radius 2 is 2.06 bits per heavy atom. The van der Waals surface area contributed by atoms with Crippen LogP contribution in [0.4, 0.5) is 10.6 Å². The highest BCUT2D eigenvalue weighted by atomic mass is 16.6. The van der Waals surface area contributed by atoms with Crippen molar-refractivity contribution in [2.45, 2.75) is 84.8 Å². The number of nitrogens with zero attached hydrogens (tertiary/aromatic N) is 4. The Bertz CT molecular complexity index is 981. The maximum Gasteiger partial charge on any atom is 0.407 e. The Labute approximate surface area is 195 Å². The van der Waals surface area contributed by atoms with Crippen LogP contribution in [0.3, 0.4) is 0 Å². The molecule has 1 N–H and O–H groups in total. The average Bonchev–Trinajstić information content (AvgIpc) is 3.18. The third-order valence-electron chi connectivity index (χ3n) is 5.68. The molecular weight excluding hydrogens is 422 g/mol. The molecule has 2 aromatic rings. The first kappa shape index (κ1) is 24.8. The van der Waals surface area contributed by atoms with E-state index in [0.29, 0.717) is 19.6 Å². The molecule has 33 heavy (non-hydrogen) atoms. The lowest BCUT2D eigenvalue weighted by Gasteiger charge is -2.37. The van der Waals surface area contributed by atoms with Crippen LogP contribution in [0.2, 0.25) is 0 Å². The van der Waals surface area contributed by atoms with Crippen LogP contribution in [0.1, 0.15) is 77.5 Å². The molecule has 0 saturated carbocycles. The minimum absolute atomic E-state index is 0.0762. The van der Waals surface area contributed by atoms with Crippen molar-refractivity contribution in [3.8, 4) is 0 Å². The van der Waals surface area contributed by atoms with E-state index in [1.54, 1.807) is 10.7 Å². The largest absolute Gasteiger partial charge is 0.466 e. The first-order valence-corrected chi connectivity index (χ1v) is 11.9. The molecule has 3 rings (SSSR count). The van der Waals surface area contributed by atoms with Gasteiger partial charge in [-0.1, -0.05) is 13.3 Å². The van der Waals surface area contributed by atoms with Gasteiger partial charge < -0.3 is 19.7 Å². The van der Waals surface area contributed by atoms with Crippen molar-refractivity contribution in [2.24, 2.45) is 0 Å². The molecule has 0 radical (unpaired) electrons. The number of anilines is 1. The number of hydrogen-bond acceptors (Lipinski definition) is 7. The molecule has 0 spiro atoms. The molecule has 2 atom stereocenters. The fraction of sp³-hybridized carbons (Fsp3) is 0.667. The van der Waals surface area contributed by atoms with Gasteiger partial charge in [-0.05, 0) is 53.9 Å². The highest BCUT2D eigenvalue weighted by Crippen LogP contribution is 2.35. The summed E-state index contributed by atoms with van der Waals surface area (Å²) in [6.45, 7) is 13.1. The van der Waals surface area contributed by atoms with Crippen molar-refractivity contribution >= 4 is 23.5 Å². The van der Waals surface area contributed by atoms with Gasteiger partial charge in [-0.3, -0.25) is 4.79 Å². The Balaban J connectivity index is 1.98. The maximum atomic E-state index is 13.0. The number of aromatic nitrogens is 3. The summed E-state index contributed by atoms with van der Waals surface area (Å²) in [4.78, 5) is 32.3. The van der Waals surface area contributed by atoms with Crippen LogP contribution in [0, 0.1) is 6.92 Å². The van der Waals surface area contributed by atoms with Gasteiger partial charge in [0, 0.05) is 36.5 Å². The monoisotopic (exact) mass is 459 g/mol. The Kier molecular flexibility index (Phi) is 7.81. The molecule has 1 amide bonds. The van der Waals surface area contributed by atoms with Crippen LogP contribution in [-0.2, 0) is 14.3 Å². The van der Waals surface area contributed by atoms with Gasteiger partial charge in [0.15, 0.2) is 5.65 Å². The van der Waals surface area contributed by atoms with Crippen LogP contribution in [-0.4, -0.2) is 58.0 Å². The van der Waals surface area contributed by atoms with E-state index in [4.69, 9.17) is 14.5 Å². The minimum atomic E-state index is -0.554. The molecule has 9 nitrogen and oxygen atoms in total. The number of aryl methyl sites for hydroxylation is 1. The number of fused-ring (bicyclic) bond motifs is 1. The van der Waals surface area contributed by atoms with E-state index in [9.17, 15) is 9.59 Å². The van der Waals surface area contributed by atoms with Gasteiger partial charge in [0.05, 0.1) is 18.7 Å². The van der Waals surface area contributed by atoms with Gasteiger partial charge >= 0.3 is 12.1 Å². The molecule has 2 aromatic heterocycles. The predicted molar refractivity (Wildman–Crippen MR) is 127 cm³/mol. The van der Waals surface area contributed by atoms with Gasteiger partial charge in [-0.15, -0.1) is 0 Å². The highest BCUT2D eigenvalue weighted by molar-refractivity contribution is 5.81. The second-order valence-electron chi connectivity index (χ2n) is 9.56. The van der Waals surface area contributed by atoms with Crippen LogP contribution in [0.15, 0.2) is 12.3 Å². The number of piperidine rings is 1. The van der Waals surface area contributed by atoms with E-state index in [0.717, 1.165) is 48.5 Å². The van der Waals surface area contributed by atoms with Crippen LogP contribution < -0.4 is 10.2 Å². The van der Waals surface area contributed by atoms with E-state index in [1.807, 2.05) is 40.7 Å². The number of hydrogen-bond donors (Lipinski definition) is 1. The quantitative estimate of drug-likeness (QED) is 0.626. The SMILES string of the molecule is CCCC(C(=O)OCC)c1c(C)nc2ccnn2c1N1CCCC(NC(=O)OC(C)(C)C)C1. The van der Waals surface area contributed by atoms with Crippen LogP contribution >= 0.6 is 0 Å². The van der Waals surface area contributed by atoms with Gasteiger partial charge in [-0.2, -0.15) is 9.61 Å². The summed E-state index contributed by atoms with van der Waals surface area (Å²) < 4.78 is 12.7. The van der Waals surface area contributed by atoms with Crippen molar-refractivity contribution in [3.05, 3.63) is 23.5 Å². The zero-order valence-electron chi connectivity index (χ0n) is 20.7. The second kappa shape index (κ2) is 10.4. The number of carbonyl (C=O) groups is 2. The molecule has 0 bridgehead atoms. The number of esters is 1. The van der Waals surface area contributed by atoms with Crippen molar-refractivity contribution in [2.75, 3.05) is 24.6 Å². The zero-order valence-corrected chi connectivity index (χ0v) is 20.7. The standard InChI is InChI=1S/C24H37N5O4/c1-7-10-18(22(30)32-8-2)20-16(3)26-19-12-13-25-29(19)21(20)28-14-9-11-17(15-28)27-23(31)33-24(4,5)6/h12-13,17-18H,7-11,14-15H2,1-6H3,(H,27,31). The second-order valence-corrected chi connectivity index (χ2v) is 9.56. The van der Waals surface area contributed by atoms with Gasteiger partial charge in [0.2, 0.25) is 0 Å². The number of alkyl carbamates (subject to hydrolysis) is 1. The Morgan fingerprint density at radius 3 is 2.73 bits per heavy atom. The first-order valence-electron chi connectivity index (χ1n) is 11.9. The summed E-state index contributed by atoms with van der Waals surface area (Å²) in [6.07, 6.45) is 4.54.